The Balaban J connectivity index is 2.44. The molecule has 0 aliphatic heterocycles. The average Bonchev–Trinajstić information content (AvgIpc) is 2.43. The smallest absolute Gasteiger partial charge is 0.0580 e. The first-order chi connectivity index (χ1) is 9.61. The van der Waals surface area contributed by atoms with Crippen LogP contribution in [0, 0.1) is 20.8 Å². The first-order valence-corrected chi connectivity index (χ1v) is 7.35. The molecule has 2 aromatic rings. The van der Waals surface area contributed by atoms with Crippen LogP contribution < -0.4 is 5.32 Å². The van der Waals surface area contributed by atoms with E-state index in [-0.39, 0.29) is 6.04 Å². The molecule has 106 valence electrons. The number of aromatic nitrogens is 1. The zero-order valence-corrected chi connectivity index (χ0v) is 12.9. The molecule has 1 heterocycles. The zero-order chi connectivity index (χ0) is 14.5. The lowest BCUT2D eigenvalue weighted by molar-refractivity contribution is 0.595. The van der Waals surface area contributed by atoms with Crippen LogP contribution in [0.15, 0.2) is 36.5 Å². The second-order valence-corrected chi connectivity index (χ2v) is 5.48. The van der Waals surface area contributed by atoms with Gasteiger partial charge in [0.1, 0.15) is 0 Å². The number of nitrogens with one attached hydrogen (secondary N) is 1. The minimum absolute atomic E-state index is 0.247. The second-order valence-electron chi connectivity index (χ2n) is 5.48. The fraction of sp³-hybridized carbons (Fsp3) is 0.389. The summed E-state index contributed by atoms with van der Waals surface area (Å²) in [5.41, 5.74) is 6.36. The highest BCUT2D eigenvalue weighted by molar-refractivity contribution is 5.39. The molecule has 0 aliphatic carbocycles. The van der Waals surface area contributed by atoms with Gasteiger partial charge in [-0.25, -0.2) is 0 Å². The lowest BCUT2D eigenvalue weighted by Crippen LogP contribution is -2.24. The van der Waals surface area contributed by atoms with E-state index in [1.807, 2.05) is 13.1 Å². The summed E-state index contributed by atoms with van der Waals surface area (Å²) in [6, 6.07) is 11.2. The predicted molar refractivity (Wildman–Crippen MR) is 85.0 cm³/mol. The normalized spacial score (nSPS) is 12.4. The molecule has 2 nitrogen and oxygen atoms in total. The minimum Gasteiger partial charge on any atom is -0.306 e. The van der Waals surface area contributed by atoms with Crippen molar-refractivity contribution in [1.82, 2.24) is 10.3 Å². The summed E-state index contributed by atoms with van der Waals surface area (Å²) in [5.74, 6) is 0. The van der Waals surface area contributed by atoms with E-state index in [0.29, 0.717) is 0 Å². The molecule has 1 aromatic heterocycles. The Bertz CT molecular complexity index is 575. The monoisotopic (exact) mass is 268 g/mol. The Kier molecular flexibility index (Phi) is 4.91. The van der Waals surface area contributed by atoms with Gasteiger partial charge in [-0.3, -0.25) is 4.98 Å². The third-order valence-corrected chi connectivity index (χ3v) is 3.60. The second kappa shape index (κ2) is 6.67. The van der Waals surface area contributed by atoms with E-state index in [9.17, 15) is 0 Å². The first kappa shape index (κ1) is 14.7. The van der Waals surface area contributed by atoms with Gasteiger partial charge in [0.25, 0.3) is 0 Å². The maximum atomic E-state index is 4.31. The van der Waals surface area contributed by atoms with Crippen molar-refractivity contribution < 1.29 is 0 Å². The van der Waals surface area contributed by atoms with Gasteiger partial charge in [-0.15, -0.1) is 0 Å². The molecule has 0 radical (unpaired) electrons. The van der Waals surface area contributed by atoms with Crippen molar-refractivity contribution in [2.45, 2.75) is 40.2 Å². The number of hydrogen-bond donors (Lipinski definition) is 1. The Morgan fingerprint density at radius 2 is 1.90 bits per heavy atom. The molecule has 0 amide bonds. The van der Waals surface area contributed by atoms with Crippen molar-refractivity contribution in [3.63, 3.8) is 0 Å². The van der Waals surface area contributed by atoms with Crippen molar-refractivity contribution in [2.24, 2.45) is 0 Å². The maximum absolute atomic E-state index is 4.31. The van der Waals surface area contributed by atoms with E-state index < -0.39 is 0 Å². The summed E-state index contributed by atoms with van der Waals surface area (Å²) in [6.45, 7) is 9.59. The quantitative estimate of drug-likeness (QED) is 0.883. The fourth-order valence-corrected chi connectivity index (χ4v) is 2.51. The van der Waals surface area contributed by atoms with Gasteiger partial charge in [-0.1, -0.05) is 30.7 Å². The predicted octanol–water partition coefficient (Wildman–Crippen LogP) is 4.10. The Hall–Kier alpha value is -1.67. The van der Waals surface area contributed by atoms with E-state index in [1.165, 1.54) is 22.3 Å². The van der Waals surface area contributed by atoms with Gasteiger partial charge in [0.2, 0.25) is 0 Å². The summed E-state index contributed by atoms with van der Waals surface area (Å²) < 4.78 is 0. The lowest BCUT2D eigenvalue weighted by atomic mass is 9.93. The Labute approximate surface area is 122 Å². The summed E-state index contributed by atoms with van der Waals surface area (Å²) in [4.78, 5) is 4.31. The van der Waals surface area contributed by atoms with E-state index in [4.69, 9.17) is 0 Å². The number of pyridine rings is 1. The van der Waals surface area contributed by atoms with Gasteiger partial charge in [0.05, 0.1) is 6.04 Å². The van der Waals surface area contributed by atoms with Crippen molar-refractivity contribution in [3.05, 3.63) is 64.5 Å². The first-order valence-electron chi connectivity index (χ1n) is 7.35. The Morgan fingerprint density at radius 1 is 1.10 bits per heavy atom. The van der Waals surface area contributed by atoms with Gasteiger partial charge in [-0.2, -0.15) is 0 Å². The van der Waals surface area contributed by atoms with Crippen molar-refractivity contribution >= 4 is 0 Å². The van der Waals surface area contributed by atoms with Crippen molar-refractivity contribution in [3.8, 4) is 0 Å². The van der Waals surface area contributed by atoms with Gasteiger partial charge >= 0.3 is 0 Å². The summed E-state index contributed by atoms with van der Waals surface area (Å²) in [5, 5.41) is 3.67. The average molecular weight is 268 g/mol. The number of hydrogen-bond acceptors (Lipinski definition) is 2. The highest BCUT2D eigenvalue weighted by Crippen LogP contribution is 2.26. The third-order valence-electron chi connectivity index (χ3n) is 3.60. The molecular formula is C18H24N2. The SMILES string of the molecule is CCCNC(c1ccnc(C)c1)c1cc(C)ccc1C. The lowest BCUT2D eigenvalue weighted by Gasteiger charge is -2.22. The Morgan fingerprint density at radius 3 is 2.60 bits per heavy atom. The minimum atomic E-state index is 0.247. The summed E-state index contributed by atoms with van der Waals surface area (Å²) in [6.07, 6.45) is 3.03. The van der Waals surface area contributed by atoms with Crippen LogP contribution in [0.1, 0.15) is 47.3 Å². The van der Waals surface area contributed by atoms with Crippen LogP contribution in [-0.2, 0) is 0 Å². The van der Waals surface area contributed by atoms with Gasteiger partial charge < -0.3 is 5.32 Å². The van der Waals surface area contributed by atoms with E-state index in [1.54, 1.807) is 0 Å². The summed E-state index contributed by atoms with van der Waals surface area (Å²) >= 11 is 0. The highest BCUT2D eigenvalue weighted by atomic mass is 14.9. The zero-order valence-electron chi connectivity index (χ0n) is 12.9. The fourth-order valence-electron chi connectivity index (χ4n) is 2.51. The standard InChI is InChI=1S/C18H24N2/c1-5-9-20-18(16-8-10-19-15(4)12-16)17-11-13(2)6-7-14(17)3/h6-8,10-12,18,20H,5,9H2,1-4H3. The van der Waals surface area contributed by atoms with E-state index in [0.717, 1.165) is 18.7 Å². The summed E-state index contributed by atoms with van der Waals surface area (Å²) in [7, 11) is 0. The molecule has 1 N–H and O–H groups in total. The van der Waals surface area contributed by atoms with Crippen LogP contribution in [0.2, 0.25) is 0 Å². The van der Waals surface area contributed by atoms with Crippen LogP contribution in [0.5, 0.6) is 0 Å². The van der Waals surface area contributed by atoms with Crippen LogP contribution >= 0.6 is 0 Å². The van der Waals surface area contributed by atoms with Gasteiger partial charge in [0.15, 0.2) is 0 Å². The molecule has 0 spiro atoms. The van der Waals surface area contributed by atoms with Crippen LogP contribution in [0.4, 0.5) is 0 Å². The number of aryl methyl sites for hydroxylation is 3. The number of rotatable bonds is 5. The third kappa shape index (κ3) is 3.45. The molecule has 2 heteroatoms. The van der Waals surface area contributed by atoms with Gasteiger partial charge in [-0.05, 0) is 62.6 Å². The highest BCUT2D eigenvalue weighted by Gasteiger charge is 2.15. The molecule has 0 saturated carbocycles. The van der Waals surface area contributed by atoms with E-state index in [2.05, 4.69) is 61.4 Å². The topological polar surface area (TPSA) is 24.9 Å². The van der Waals surface area contributed by atoms with Crippen LogP contribution in [0.25, 0.3) is 0 Å². The maximum Gasteiger partial charge on any atom is 0.0580 e. The molecule has 0 fully saturated rings. The number of benzene rings is 1. The largest absolute Gasteiger partial charge is 0.306 e. The van der Waals surface area contributed by atoms with Crippen molar-refractivity contribution in [1.29, 1.82) is 0 Å². The molecule has 0 bridgehead atoms. The van der Waals surface area contributed by atoms with E-state index >= 15 is 0 Å². The number of nitrogens with zero attached hydrogens (tertiary/aromatic N) is 1. The molecule has 2 rings (SSSR count). The molecule has 1 unspecified atom stereocenters. The molecule has 1 aromatic carbocycles. The molecule has 0 aliphatic rings. The molecule has 0 saturated heterocycles. The molecular weight excluding hydrogens is 244 g/mol. The van der Waals surface area contributed by atoms with Crippen LogP contribution in [0.3, 0.4) is 0 Å². The van der Waals surface area contributed by atoms with Crippen LogP contribution in [-0.4, -0.2) is 11.5 Å². The molecule has 20 heavy (non-hydrogen) atoms. The molecule has 1 atom stereocenters. The van der Waals surface area contributed by atoms with Gasteiger partial charge in [0, 0.05) is 11.9 Å². The van der Waals surface area contributed by atoms with Crippen molar-refractivity contribution in [2.75, 3.05) is 6.54 Å².